The van der Waals surface area contributed by atoms with Crippen LogP contribution in [-0.4, -0.2) is 27.8 Å². The molecule has 5 heteroatoms. The molecule has 0 saturated carbocycles. The van der Waals surface area contributed by atoms with E-state index in [0.29, 0.717) is 18.8 Å². The molecular formula is C21H19N3O2. The molecular weight excluding hydrogens is 326 g/mol. The number of esters is 1. The number of benzene rings is 2. The first-order valence-electron chi connectivity index (χ1n) is 8.63. The van der Waals surface area contributed by atoms with E-state index in [1.54, 1.807) is 13.3 Å². The highest BCUT2D eigenvalue weighted by Crippen LogP contribution is 2.27. The average Bonchev–Trinajstić information content (AvgIpc) is 3.00. The third-order valence-electron chi connectivity index (χ3n) is 4.44. The van der Waals surface area contributed by atoms with Crippen molar-refractivity contribution in [1.82, 2.24) is 9.55 Å². The highest BCUT2D eigenvalue weighted by molar-refractivity contribution is 6.15. The van der Waals surface area contributed by atoms with Crippen molar-refractivity contribution < 1.29 is 9.53 Å². The molecule has 0 spiro atoms. The molecule has 5 nitrogen and oxygen atoms in total. The molecule has 0 fully saturated rings. The van der Waals surface area contributed by atoms with Crippen LogP contribution in [-0.2, 0) is 11.3 Å². The van der Waals surface area contributed by atoms with E-state index in [1.165, 1.54) is 0 Å². The molecule has 0 radical (unpaired) electrons. The Labute approximate surface area is 152 Å². The maximum atomic E-state index is 12.3. The molecule has 0 amide bonds. The van der Waals surface area contributed by atoms with Crippen LogP contribution in [0.2, 0.25) is 0 Å². The van der Waals surface area contributed by atoms with Gasteiger partial charge in [0.05, 0.1) is 30.2 Å². The van der Waals surface area contributed by atoms with Crippen LogP contribution in [0.25, 0.3) is 5.69 Å². The minimum atomic E-state index is -0.409. The zero-order chi connectivity index (χ0) is 18.1. The van der Waals surface area contributed by atoms with E-state index in [-0.39, 0.29) is 0 Å². The predicted octanol–water partition coefficient (Wildman–Crippen LogP) is 3.71. The van der Waals surface area contributed by atoms with Crippen LogP contribution < -0.4 is 0 Å². The Morgan fingerprint density at radius 3 is 2.77 bits per heavy atom. The summed E-state index contributed by atoms with van der Waals surface area (Å²) in [6.07, 6.45) is 1.68. The van der Waals surface area contributed by atoms with Crippen LogP contribution in [0, 0.1) is 6.92 Å². The van der Waals surface area contributed by atoms with Gasteiger partial charge in [0, 0.05) is 11.1 Å². The number of fused-ring (bicyclic) bond motifs is 3. The van der Waals surface area contributed by atoms with Crippen molar-refractivity contribution >= 4 is 11.7 Å². The fourth-order valence-electron chi connectivity index (χ4n) is 3.23. The van der Waals surface area contributed by atoms with Gasteiger partial charge in [0.2, 0.25) is 0 Å². The van der Waals surface area contributed by atoms with E-state index in [9.17, 15) is 4.79 Å². The molecule has 130 valence electrons. The van der Waals surface area contributed by atoms with Gasteiger partial charge in [-0.2, -0.15) is 0 Å². The first-order valence-corrected chi connectivity index (χ1v) is 8.63. The standard InChI is InChI=1S/C21H19N3O2/c1-3-26-21(25)20-18-12-22-19(15-7-5-4-6-8-15)16-11-14(2)9-10-17(16)24(18)13-23-20/h4-11,13H,3,12H2,1-2H3. The highest BCUT2D eigenvalue weighted by Gasteiger charge is 2.25. The van der Waals surface area contributed by atoms with Gasteiger partial charge < -0.3 is 4.74 Å². The molecule has 2 aromatic carbocycles. The van der Waals surface area contributed by atoms with Crippen molar-refractivity contribution in [3.8, 4) is 5.69 Å². The van der Waals surface area contributed by atoms with Gasteiger partial charge in [-0.15, -0.1) is 0 Å². The summed E-state index contributed by atoms with van der Waals surface area (Å²) in [5.41, 5.74) is 6.20. The van der Waals surface area contributed by atoms with Gasteiger partial charge in [-0.1, -0.05) is 42.0 Å². The number of ether oxygens (including phenoxy) is 1. The minimum Gasteiger partial charge on any atom is -0.461 e. The van der Waals surface area contributed by atoms with Crippen molar-refractivity contribution in [2.45, 2.75) is 20.4 Å². The summed E-state index contributed by atoms with van der Waals surface area (Å²) in [5, 5.41) is 0. The lowest BCUT2D eigenvalue weighted by atomic mass is 9.99. The lowest BCUT2D eigenvalue weighted by Gasteiger charge is -2.12. The van der Waals surface area contributed by atoms with Gasteiger partial charge in [0.1, 0.15) is 6.33 Å². The first-order chi connectivity index (χ1) is 12.7. The Hall–Kier alpha value is -3.21. The van der Waals surface area contributed by atoms with Gasteiger partial charge in [-0.05, 0) is 26.0 Å². The number of nitrogens with zero attached hydrogens (tertiary/aromatic N) is 3. The monoisotopic (exact) mass is 345 g/mol. The number of hydrogen-bond donors (Lipinski definition) is 0. The van der Waals surface area contributed by atoms with Gasteiger partial charge in [-0.25, -0.2) is 9.78 Å². The third-order valence-corrected chi connectivity index (χ3v) is 4.44. The molecule has 1 aliphatic rings. The second-order valence-corrected chi connectivity index (χ2v) is 6.18. The van der Waals surface area contributed by atoms with Gasteiger partial charge in [0.15, 0.2) is 5.69 Å². The Morgan fingerprint density at radius 1 is 1.19 bits per heavy atom. The maximum Gasteiger partial charge on any atom is 0.358 e. The Balaban J connectivity index is 1.92. The minimum absolute atomic E-state index is 0.319. The van der Waals surface area contributed by atoms with Crippen LogP contribution in [0.1, 0.15) is 39.8 Å². The van der Waals surface area contributed by atoms with E-state index in [2.05, 4.69) is 42.2 Å². The number of hydrogen-bond acceptors (Lipinski definition) is 4. The highest BCUT2D eigenvalue weighted by atomic mass is 16.5. The molecule has 1 aliphatic heterocycles. The Morgan fingerprint density at radius 2 is 2.00 bits per heavy atom. The van der Waals surface area contributed by atoms with Crippen molar-refractivity contribution in [3.05, 3.63) is 82.9 Å². The number of aryl methyl sites for hydroxylation is 1. The summed E-state index contributed by atoms with van der Waals surface area (Å²) >= 11 is 0. The van der Waals surface area contributed by atoms with Crippen LogP contribution in [0.3, 0.4) is 0 Å². The van der Waals surface area contributed by atoms with Crippen LogP contribution >= 0.6 is 0 Å². The average molecular weight is 345 g/mol. The topological polar surface area (TPSA) is 56.5 Å². The van der Waals surface area contributed by atoms with E-state index < -0.39 is 5.97 Å². The zero-order valence-electron chi connectivity index (χ0n) is 14.8. The second-order valence-electron chi connectivity index (χ2n) is 6.18. The van der Waals surface area contributed by atoms with Crippen molar-refractivity contribution in [1.29, 1.82) is 0 Å². The smallest absolute Gasteiger partial charge is 0.358 e. The van der Waals surface area contributed by atoms with Crippen molar-refractivity contribution in [2.75, 3.05) is 6.61 Å². The summed E-state index contributed by atoms with van der Waals surface area (Å²) in [4.78, 5) is 21.4. The van der Waals surface area contributed by atoms with Crippen LogP contribution in [0.5, 0.6) is 0 Å². The van der Waals surface area contributed by atoms with Crippen molar-refractivity contribution in [3.63, 3.8) is 0 Å². The third kappa shape index (κ3) is 2.71. The predicted molar refractivity (Wildman–Crippen MR) is 100 cm³/mol. The first kappa shape index (κ1) is 16.3. The Bertz CT molecular complexity index is 1000. The quantitative estimate of drug-likeness (QED) is 0.680. The van der Waals surface area contributed by atoms with E-state index in [0.717, 1.165) is 33.8 Å². The largest absolute Gasteiger partial charge is 0.461 e. The number of carbonyl (C=O) groups excluding carboxylic acids is 1. The number of rotatable bonds is 3. The molecule has 0 N–H and O–H groups in total. The molecule has 0 unspecified atom stereocenters. The molecule has 3 aromatic rings. The molecule has 0 bridgehead atoms. The number of carbonyl (C=O) groups is 1. The molecule has 0 atom stereocenters. The molecule has 0 saturated heterocycles. The molecule has 1 aromatic heterocycles. The van der Waals surface area contributed by atoms with Gasteiger partial charge in [0.25, 0.3) is 0 Å². The van der Waals surface area contributed by atoms with E-state index >= 15 is 0 Å². The lowest BCUT2D eigenvalue weighted by molar-refractivity contribution is 0.0518. The number of aliphatic imine (C=N–C) groups is 1. The normalized spacial score (nSPS) is 12.6. The van der Waals surface area contributed by atoms with E-state index in [4.69, 9.17) is 9.73 Å². The summed E-state index contributed by atoms with van der Waals surface area (Å²) in [7, 11) is 0. The molecule has 0 aliphatic carbocycles. The molecule has 26 heavy (non-hydrogen) atoms. The number of imidazole rings is 1. The Kier molecular flexibility index (Phi) is 4.13. The summed E-state index contributed by atoms with van der Waals surface area (Å²) < 4.78 is 7.09. The second kappa shape index (κ2) is 6.59. The number of aromatic nitrogens is 2. The van der Waals surface area contributed by atoms with Crippen LogP contribution in [0.15, 0.2) is 59.9 Å². The fourth-order valence-corrected chi connectivity index (χ4v) is 3.23. The molecule has 2 heterocycles. The zero-order valence-corrected chi connectivity index (χ0v) is 14.8. The van der Waals surface area contributed by atoms with E-state index in [1.807, 2.05) is 22.8 Å². The van der Waals surface area contributed by atoms with Crippen molar-refractivity contribution in [2.24, 2.45) is 4.99 Å². The fraction of sp³-hybridized carbons (Fsp3) is 0.190. The lowest BCUT2D eigenvalue weighted by Crippen LogP contribution is -2.09. The van der Waals surface area contributed by atoms with Gasteiger partial charge in [-0.3, -0.25) is 9.56 Å². The summed E-state index contributed by atoms with van der Waals surface area (Å²) in [5.74, 6) is -0.409. The summed E-state index contributed by atoms with van der Waals surface area (Å²) in [6, 6.07) is 16.3. The van der Waals surface area contributed by atoms with Gasteiger partial charge >= 0.3 is 5.97 Å². The molecule has 4 rings (SSSR count). The van der Waals surface area contributed by atoms with Crippen LogP contribution in [0.4, 0.5) is 0 Å². The SMILES string of the molecule is CCOC(=O)c1ncn2c1CN=C(c1ccccc1)c1cc(C)ccc1-2. The summed E-state index contributed by atoms with van der Waals surface area (Å²) in [6.45, 7) is 4.54. The maximum absolute atomic E-state index is 12.3.